The molecule has 1 heterocycles. The second-order valence-electron chi connectivity index (χ2n) is 7.27. The molecule has 2 amide bonds. The fourth-order valence-corrected chi connectivity index (χ4v) is 3.20. The molecule has 2 aromatic carbocycles. The predicted octanol–water partition coefficient (Wildman–Crippen LogP) is 3.69. The van der Waals surface area contributed by atoms with Crippen LogP contribution in [0.5, 0.6) is 17.2 Å². The summed E-state index contributed by atoms with van der Waals surface area (Å²) < 4.78 is 11.6. The van der Waals surface area contributed by atoms with Gasteiger partial charge in [-0.05, 0) is 62.2 Å². The van der Waals surface area contributed by atoms with Crippen molar-refractivity contribution in [2.45, 2.75) is 13.8 Å². The molecule has 0 bridgehead atoms. The first-order chi connectivity index (χ1) is 17.5. The lowest BCUT2D eigenvalue weighted by Gasteiger charge is -2.14. The molecule has 184 valence electrons. The number of anilines is 1. The second-order valence-corrected chi connectivity index (χ2v) is 7.27. The summed E-state index contributed by atoms with van der Waals surface area (Å²) in [6.45, 7) is 3.26. The average Bonchev–Trinajstić information content (AvgIpc) is 2.88. The van der Waals surface area contributed by atoms with Crippen LogP contribution in [0.25, 0.3) is 10.9 Å². The van der Waals surface area contributed by atoms with Crippen LogP contribution < -0.4 is 20.1 Å². The number of aliphatic hydroxyl groups excluding tert-OH is 1. The molecular weight excluding hydrogens is 460 g/mol. The SMILES string of the molecule is CC#CC(=O)Nc1cc2c(Oc3ccc(C(=O)NC(/C=C\C)=NC)cc3)ccnc2cc1OCCO. The Balaban J connectivity index is 1.89. The van der Waals surface area contributed by atoms with Crippen molar-refractivity contribution in [2.24, 2.45) is 4.99 Å². The highest BCUT2D eigenvalue weighted by atomic mass is 16.5. The summed E-state index contributed by atoms with van der Waals surface area (Å²) in [7, 11) is 1.60. The Labute approximate surface area is 208 Å². The third-order valence-corrected chi connectivity index (χ3v) is 4.79. The van der Waals surface area contributed by atoms with Crippen molar-refractivity contribution < 1.29 is 24.2 Å². The highest BCUT2D eigenvalue weighted by molar-refractivity contribution is 6.10. The average molecular weight is 487 g/mol. The van der Waals surface area contributed by atoms with Gasteiger partial charge in [0.25, 0.3) is 11.8 Å². The molecule has 0 aliphatic rings. The monoisotopic (exact) mass is 486 g/mol. The van der Waals surface area contributed by atoms with Crippen LogP contribution in [0.3, 0.4) is 0 Å². The van der Waals surface area contributed by atoms with Gasteiger partial charge in [0.05, 0.1) is 17.8 Å². The third kappa shape index (κ3) is 6.68. The number of hydrogen-bond donors (Lipinski definition) is 3. The number of pyridine rings is 1. The minimum Gasteiger partial charge on any atom is -0.489 e. The normalized spacial score (nSPS) is 11.1. The van der Waals surface area contributed by atoms with Crippen LogP contribution in [0.4, 0.5) is 5.69 Å². The Hall–Kier alpha value is -4.68. The van der Waals surface area contributed by atoms with Crippen molar-refractivity contribution >= 4 is 34.2 Å². The van der Waals surface area contributed by atoms with Crippen molar-refractivity contribution in [3.63, 3.8) is 0 Å². The summed E-state index contributed by atoms with van der Waals surface area (Å²) >= 11 is 0. The summed E-state index contributed by atoms with van der Waals surface area (Å²) in [6.07, 6.45) is 5.08. The van der Waals surface area contributed by atoms with Gasteiger partial charge in [-0.25, -0.2) is 0 Å². The second kappa shape index (κ2) is 12.7. The molecule has 9 nitrogen and oxygen atoms in total. The van der Waals surface area contributed by atoms with Gasteiger partial charge >= 0.3 is 0 Å². The first-order valence-corrected chi connectivity index (χ1v) is 11.1. The van der Waals surface area contributed by atoms with E-state index in [9.17, 15) is 9.59 Å². The van der Waals surface area contributed by atoms with E-state index in [4.69, 9.17) is 14.6 Å². The molecule has 3 N–H and O–H groups in total. The number of amides is 2. The smallest absolute Gasteiger partial charge is 0.300 e. The van der Waals surface area contributed by atoms with Crippen molar-refractivity contribution in [3.8, 4) is 29.1 Å². The number of fused-ring (bicyclic) bond motifs is 1. The van der Waals surface area contributed by atoms with E-state index in [0.29, 0.717) is 45.2 Å². The molecule has 3 aromatic rings. The van der Waals surface area contributed by atoms with E-state index in [-0.39, 0.29) is 19.1 Å². The van der Waals surface area contributed by atoms with Gasteiger partial charge in [-0.1, -0.05) is 12.0 Å². The number of carbonyl (C=O) groups is 2. The molecule has 0 fully saturated rings. The molecule has 0 saturated heterocycles. The van der Waals surface area contributed by atoms with Crippen molar-refractivity contribution in [1.82, 2.24) is 10.3 Å². The van der Waals surface area contributed by atoms with Crippen molar-refractivity contribution in [2.75, 3.05) is 25.6 Å². The number of allylic oxidation sites excluding steroid dienone is 1. The van der Waals surface area contributed by atoms with Gasteiger partial charge in [0.15, 0.2) is 0 Å². The molecule has 0 unspecified atom stereocenters. The lowest BCUT2D eigenvalue weighted by Crippen LogP contribution is -2.29. The maximum atomic E-state index is 12.5. The van der Waals surface area contributed by atoms with Gasteiger partial charge in [0.2, 0.25) is 0 Å². The number of aliphatic imine (C=N–C) groups is 1. The van der Waals surface area contributed by atoms with Gasteiger partial charge < -0.3 is 25.2 Å². The van der Waals surface area contributed by atoms with E-state index in [2.05, 4.69) is 32.5 Å². The van der Waals surface area contributed by atoms with Crippen LogP contribution in [-0.2, 0) is 4.79 Å². The molecule has 3 rings (SSSR count). The largest absolute Gasteiger partial charge is 0.489 e. The Morgan fingerprint density at radius 1 is 1.17 bits per heavy atom. The van der Waals surface area contributed by atoms with E-state index in [1.165, 1.54) is 0 Å². The highest BCUT2D eigenvalue weighted by Crippen LogP contribution is 2.36. The van der Waals surface area contributed by atoms with E-state index < -0.39 is 5.91 Å². The van der Waals surface area contributed by atoms with Gasteiger partial charge in [0.1, 0.15) is 29.7 Å². The molecule has 9 heteroatoms. The Morgan fingerprint density at radius 2 is 1.94 bits per heavy atom. The molecular formula is C27H26N4O5. The number of nitrogens with zero attached hydrogens (tertiary/aromatic N) is 2. The number of aromatic nitrogens is 1. The molecule has 0 saturated carbocycles. The zero-order valence-electron chi connectivity index (χ0n) is 20.2. The zero-order valence-corrected chi connectivity index (χ0v) is 20.2. The van der Waals surface area contributed by atoms with Gasteiger partial charge in [-0.15, -0.1) is 0 Å². The summed E-state index contributed by atoms with van der Waals surface area (Å²) in [5.41, 5.74) is 1.37. The highest BCUT2D eigenvalue weighted by Gasteiger charge is 2.14. The number of hydrogen-bond acceptors (Lipinski definition) is 7. The quantitative estimate of drug-likeness (QED) is 0.254. The summed E-state index contributed by atoms with van der Waals surface area (Å²) in [5, 5.41) is 15.2. The predicted molar refractivity (Wildman–Crippen MR) is 139 cm³/mol. The number of ether oxygens (including phenoxy) is 2. The number of nitrogens with one attached hydrogen (secondary N) is 2. The fourth-order valence-electron chi connectivity index (χ4n) is 3.20. The zero-order chi connectivity index (χ0) is 25.9. The third-order valence-electron chi connectivity index (χ3n) is 4.79. The maximum Gasteiger partial charge on any atom is 0.300 e. The van der Waals surface area contributed by atoms with Crippen LogP contribution >= 0.6 is 0 Å². The maximum absolute atomic E-state index is 12.5. The van der Waals surface area contributed by atoms with Gasteiger partial charge in [-0.2, -0.15) is 0 Å². The minimum absolute atomic E-state index is 0.0459. The van der Waals surface area contributed by atoms with Crippen LogP contribution in [-0.4, -0.2) is 48.0 Å². The van der Waals surface area contributed by atoms with Gasteiger partial charge in [0, 0.05) is 30.3 Å². The molecule has 0 aliphatic heterocycles. The molecule has 0 atom stereocenters. The Kier molecular flexibility index (Phi) is 9.14. The number of amidine groups is 1. The van der Waals surface area contributed by atoms with E-state index in [1.807, 2.05) is 6.92 Å². The van der Waals surface area contributed by atoms with Crippen LogP contribution in [0, 0.1) is 11.8 Å². The Bertz CT molecular complexity index is 1370. The number of carbonyl (C=O) groups excluding carboxylic acids is 2. The first-order valence-electron chi connectivity index (χ1n) is 11.1. The summed E-state index contributed by atoms with van der Waals surface area (Å²) in [6, 6.07) is 11.7. The Morgan fingerprint density at radius 3 is 2.61 bits per heavy atom. The van der Waals surface area contributed by atoms with Crippen molar-refractivity contribution in [3.05, 3.63) is 66.4 Å². The molecule has 0 aliphatic carbocycles. The summed E-state index contributed by atoms with van der Waals surface area (Å²) in [5.74, 6) is 5.96. The molecule has 0 radical (unpaired) electrons. The van der Waals surface area contributed by atoms with E-state index in [0.717, 1.165) is 0 Å². The lowest BCUT2D eigenvalue weighted by atomic mass is 10.1. The van der Waals surface area contributed by atoms with E-state index >= 15 is 0 Å². The topological polar surface area (TPSA) is 122 Å². The van der Waals surface area contributed by atoms with Crippen LogP contribution in [0.15, 0.2) is 65.8 Å². The van der Waals surface area contributed by atoms with Crippen LogP contribution in [0.2, 0.25) is 0 Å². The first kappa shape index (κ1) is 25.9. The number of rotatable bonds is 8. The summed E-state index contributed by atoms with van der Waals surface area (Å²) in [4.78, 5) is 32.9. The lowest BCUT2D eigenvalue weighted by molar-refractivity contribution is -0.111. The van der Waals surface area contributed by atoms with Crippen molar-refractivity contribution in [1.29, 1.82) is 0 Å². The molecule has 0 spiro atoms. The van der Waals surface area contributed by atoms with E-state index in [1.54, 1.807) is 74.8 Å². The molecule has 1 aromatic heterocycles. The number of benzene rings is 2. The van der Waals surface area contributed by atoms with Gasteiger partial charge in [-0.3, -0.25) is 19.6 Å². The molecule has 36 heavy (non-hydrogen) atoms. The van der Waals surface area contributed by atoms with Crippen LogP contribution in [0.1, 0.15) is 24.2 Å². The fraction of sp³-hybridized carbons (Fsp3) is 0.185. The minimum atomic E-state index is -0.503. The number of aliphatic hydroxyl groups is 1. The standard InChI is InChI=1S/C27H26N4O5/c1-4-6-25(28-3)31-27(34)18-8-10-19(11-9-18)36-23-12-13-29-21-17-24(35-15-14-32)22(16-20(21)23)30-26(33)7-5-2/h4,6,8-13,16-17,32H,14-15H2,1-3H3,(H,30,33)(H,28,31,34)/b6-4-.